The van der Waals surface area contributed by atoms with Gasteiger partial charge in [0.1, 0.15) is 0 Å². The van der Waals surface area contributed by atoms with E-state index < -0.39 is 0 Å². The molecule has 5 aliphatic rings. The van der Waals surface area contributed by atoms with E-state index in [4.69, 9.17) is 16.2 Å². The number of hydrogen-bond donors (Lipinski definition) is 2. The fraction of sp³-hybridized carbons (Fsp3) is 0.655. The summed E-state index contributed by atoms with van der Waals surface area (Å²) in [7, 11) is 0. The summed E-state index contributed by atoms with van der Waals surface area (Å²) < 4.78 is 0. The number of fused-ring (bicyclic) bond motifs is 1. The molecule has 3 saturated carbocycles. The van der Waals surface area contributed by atoms with Crippen LogP contribution in [0.15, 0.2) is 54.0 Å². The molecule has 0 amide bonds. The number of hydrogen-bond acceptors (Lipinski definition) is 5. The monoisotopic (exact) mass is 461 g/mol. The van der Waals surface area contributed by atoms with Gasteiger partial charge in [-0.2, -0.15) is 5.10 Å². The Labute approximate surface area is 206 Å². The number of allylic oxidation sites excluding steroid dienone is 3. The molecule has 0 aromatic heterocycles. The van der Waals surface area contributed by atoms with Crippen molar-refractivity contribution in [1.29, 1.82) is 5.41 Å². The minimum absolute atomic E-state index is 0.0350. The van der Waals surface area contributed by atoms with Crippen LogP contribution in [0.1, 0.15) is 78.1 Å². The second-order valence-electron chi connectivity index (χ2n) is 12.0. The van der Waals surface area contributed by atoms with Gasteiger partial charge in [-0.15, -0.1) is 0 Å². The third-order valence-corrected chi connectivity index (χ3v) is 9.42. The topological polar surface area (TPSA) is 68.7 Å². The van der Waals surface area contributed by atoms with Crippen LogP contribution in [0.2, 0.25) is 0 Å². The molecule has 1 unspecified atom stereocenters. The molecule has 0 radical (unpaired) electrons. The summed E-state index contributed by atoms with van der Waals surface area (Å²) in [4.78, 5) is 2.44. The Morgan fingerprint density at radius 3 is 2.59 bits per heavy atom. The standard InChI is InChI=1S/C29H43N5/c1-4-23-9-7-18-33(32-26(23)34-21-22(8-6-17-30)20-27(34,2)3)19-12-24(31)10-5-11-25-28(13-14-28)29(25)15-16-29/h4,7,9,12,18-19,22,25,31H,1,5-6,8,10-11,13-17,20-21,30H2,2-3H3/b19-12-,31-24?. The molecule has 0 bridgehead atoms. The van der Waals surface area contributed by atoms with Crippen LogP contribution in [0.5, 0.6) is 0 Å². The van der Waals surface area contributed by atoms with Crippen LogP contribution >= 0.6 is 0 Å². The zero-order valence-electron chi connectivity index (χ0n) is 21.2. The Bertz CT molecular complexity index is 926. The maximum absolute atomic E-state index is 8.47. The molecule has 2 heterocycles. The van der Waals surface area contributed by atoms with Gasteiger partial charge in [0, 0.05) is 35.8 Å². The van der Waals surface area contributed by atoms with Crippen molar-refractivity contribution >= 4 is 11.5 Å². The fourth-order valence-corrected chi connectivity index (χ4v) is 7.42. The van der Waals surface area contributed by atoms with Crippen molar-refractivity contribution in [1.82, 2.24) is 9.91 Å². The van der Waals surface area contributed by atoms with Crippen molar-refractivity contribution in [3.8, 4) is 0 Å². The van der Waals surface area contributed by atoms with E-state index in [1.165, 1.54) is 38.5 Å². The van der Waals surface area contributed by atoms with Crippen LogP contribution < -0.4 is 5.73 Å². The summed E-state index contributed by atoms with van der Waals surface area (Å²) in [5.41, 5.74) is 9.12. The average Bonchev–Trinajstić information content (AvgIpc) is 3.73. The lowest BCUT2D eigenvalue weighted by Gasteiger charge is -2.35. The Kier molecular flexibility index (Phi) is 6.12. The third-order valence-electron chi connectivity index (χ3n) is 9.42. The Balaban J connectivity index is 1.20. The molecule has 0 aromatic carbocycles. The molecule has 4 fully saturated rings. The highest BCUT2D eigenvalue weighted by Crippen LogP contribution is 2.93. The van der Waals surface area contributed by atoms with E-state index in [-0.39, 0.29) is 5.54 Å². The molecule has 5 rings (SSSR count). The predicted octanol–water partition coefficient (Wildman–Crippen LogP) is 5.97. The summed E-state index contributed by atoms with van der Waals surface area (Å²) in [5.74, 6) is 2.59. The summed E-state index contributed by atoms with van der Waals surface area (Å²) >= 11 is 0. The second-order valence-corrected chi connectivity index (χ2v) is 12.0. The first kappa shape index (κ1) is 23.6. The van der Waals surface area contributed by atoms with E-state index in [0.717, 1.165) is 66.9 Å². The first-order valence-corrected chi connectivity index (χ1v) is 13.5. The van der Waals surface area contributed by atoms with Crippen molar-refractivity contribution in [3.05, 3.63) is 48.9 Å². The minimum Gasteiger partial charge on any atom is -0.349 e. The lowest BCUT2D eigenvalue weighted by atomic mass is 9.93. The zero-order chi connectivity index (χ0) is 24.0. The summed E-state index contributed by atoms with van der Waals surface area (Å²) in [6.45, 7) is 10.4. The number of hydrazone groups is 1. The van der Waals surface area contributed by atoms with Crippen molar-refractivity contribution in [2.45, 2.75) is 83.6 Å². The zero-order valence-corrected chi connectivity index (χ0v) is 21.2. The van der Waals surface area contributed by atoms with E-state index >= 15 is 0 Å². The summed E-state index contributed by atoms with van der Waals surface area (Å²) in [5, 5.41) is 15.3. The van der Waals surface area contributed by atoms with Crippen LogP contribution in [-0.2, 0) is 0 Å². The minimum atomic E-state index is 0.0350. The molecule has 3 N–H and O–H groups in total. The van der Waals surface area contributed by atoms with Crippen LogP contribution in [0.3, 0.4) is 0 Å². The first-order valence-electron chi connectivity index (χ1n) is 13.5. The number of nitrogens with two attached hydrogens (primary N) is 1. The Hall–Kier alpha value is -2.14. The molecule has 34 heavy (non-hydrogen) atoms. The smallest absolute Gasteiger partial charge is 0.157 e. The molecule has 5 nitrogen and oxygen atoms in total. The summed E-state index contributed by atoms with van der Waals surface area (Å²) in [6.07, 6.45) is 24.5. The van der Waals surface area contributed by atoms with Gasteiger partial charge in [0.05, 0.1) is 0 Å². The van der Waals surface area contributed by atoms with E-state index in [1.807, 2.05) is 35.6 Å². The van der Waals surface area contributed by atoms with Crippen molar-refractivity contribution in [3.63, 3.8) is 0 Å². The quantitative estimate of drug-likeness (QED) is 0.394. The van der Waals surface area contributed by atoms with E-state index in [2.05, 4.69) is 31.4 Å². The maximum Gasteiger partial charge on any atom is 0.157 e. The van der Waals surface area contributed by atoms with E-state index in [1.54, 1.807) is 0 Å². The molecule has 2 spiro atoms. The van der Waals surface area contributed by atoms with Crippen LogP contribution in [-0.4, -0.2) is 40.1 Å². The largest absolute Gasteiger partial charge is 0.349 e. The van der Waals surface area contributed by atoms with Crippen molar-refractivity contribution in [2.75, 3.05) is 13.1 Å². The molecular formula is C29H43N5. The van der Waals surface area contributed by atoms with Gasteiger partial charge in [-0.25, -0.2) is 5.01 Å². The lowest BCUT2D eigenvalue weighted by Crippen LogP contribution is -2.43. The second kappa shape index (κ2) is 8.82. The summed E-state index contributed by atoms with van der Waals surface area (Å²) in [6, 6.07) is 0. The molecule has 5 heteroatoms. The third kappa shape index (κ3) is 4.21. The average molecular weight is 462 g/mol. The number of likely N-dealkylation sites (tertiary alicyclic amines) is 1. The van der Waals surface area contributed by atoms with Crippen LogP contribution in [0.4, 0.5) is 0 Å². The molecule has 1 atom stereocenters. The number of rotatable bonds is 10. The number of nitrogens with zero attached hydrogens (tertiary/aromatic N) is 3. The highest BCUT2D eigenvalue weighted by molar-refractivity contribution is 6.01. The molecule has 2 aliphatic heterocycles. The van der Waals surface area contributed by atoms with Crippen molar-refractivity contribution < 1.29 is 0 Å². The molecule has 184 valence electrons. The van der Waals surface area contributed by atoms with Crippen LogP contribution in [0, 0.1) is 28.1 Å². The van der Waals surface area contributed by atoms with Gasteiger partial charge in [0.25, 0.3) is 0 Å². The van der Waals surface area contributed by atoms with Gasteiger partial charge in [0.2, 0.25) is 0 Å². The van der Waals surface area contributed by atoms with Gasteiger partial charge >= 0.3 is 0 Å². The van der Waals surface area contributed by atoms with Gasteiger partial charge < -0.3 is 16.0 Å². The fourth-order valence-electron chi connectivity index (χ4n) is 7.42. The van der Waals surface area contributed by atoms with E-state index in [0.29, 0.717) is 11.6 Å². The maximum atomic E-state index is 8.47. The first-order chi connectivity index (χ1) is 16.3. The number of nitrogens with one attached hydrogen (secondary N) is 1. The predicted molar refractivity (Wildman–Crippen MR) is 141 cm³/mol. The van der Waals surface area contributed by atoms with Gasteiger partial charge in [0.15, 0.2) is 5.84 Å². The highest BCUT2D eigenvalue weighted by Gasteiger charge is 2.85. The SMILES string of the molecule is C=CC1=CC=CN(/C=C\C(=N)CCCC2C3(CC3)C23CC3)N=C1N1CC(CCCN)CC1(C)C. The van der Waals surface area contributed by atoms with Gasteiger partial charge in [-0.1, -0.05) is 12.7 Å². The number of amidine groups is 1. The molecule has 0 aromatic rings. The molecule has 1 saturated heterocycles. The van der Waals surface area contributed by atoms with Crippen molar-refractivity contribution in [2.24, 2.45) is 33.5 Å². The van der Waals surface area contributed by atoms with Crippen LogP contribution in [0.25, 0.3) is 0 Å². The highest BCUT2D eigenvalue weighted by atomic mass is 15.5. The Morgan fingerprint density at radius 1 is 1.21 bits per heavy atom. The van der Waals surface area contributed by atoms with Gasteiger partial charge in [-0.3, -0.25) is 0 Å². The normalized spacial score (nSPS) is 27.8. The van der Waals surface area contributed by atoms with E-state index in [9.17, 15) is 0 Å². The lowest BCUT2D eigenvalue weighted by molar-refractivity contribution is 0.277. The Morgan fingerprint density at radius 2 is 1.94 bits per heavy atom. The van der Waals surface area contributed by atoms with Gasteiger partial charge in [-0.05, 0) is 125 Å². The molecule has 3 aliphatic carbocycles. The molecular weight excluding hydrogens is 418 g/mol.